The molecule has 0 aromatic heterocycles. The fourth-order valence-electron chi connectivity index (χ4n) is 2.82. The van der Waals surface area contributed by atoms with Gasteiger partial charge in [0.05, 0.1) is 0 Å². The Labute approximate surface area is 132 Å². The number of hydrogen-bond donors (Lipinski definition) is 1. The SMILES string of the molecule is Cc1cc(C)c(Cc2ccccc2)c(Nc2ccccc2)c1. The van der Waals surface area contributed by atoms with Crippen LogP contribution in [0.2, 0.25) is 0 Å². The van der Waals surface area contributed by atoms with E-state index in [0.29, 0.717) is 0 Å². The molecule has 0 aliphatic carbocycles. The van der Waals surface area contributed by atoms with E-state index in [9.17, 15) is 0 Å². The third kappa shape index (κ3) is 3.37. The van der Waals surface area contributed by atoms with E-state index >= 15 is 0 Å². The van der Waals surface area contributed by atoms with E-state index in [0.717, 1.165) is 12.1 Å². The molecule has 0 spiro atoms. The number of anilines is 2. The second-order valence-corrected chi connectivity index (χ2v) is 5.76. The number of para-hydroxylation sites is 1. The van der Waals surface area contributed by atoms with E-state index in [1.807, 2.05) is 6.07 Å². The van der Waals surface area contributed by atoms with Crippen LogP contribution in [0.25, 0.3) is 0 Å². The molecule has 0 atom stereocenters. The van der Waals surface area contributed by atoms with Crippen LogP contribution >= 0.6 is 0 Å². The summed E-state index contributed by atoms with van der Waals surface area (Å²) < 4.78 is 0. The first-order chi connectivity index (χ1) is 10.7. The topological polar surface area (TPSA) is 12.0 Å². The van der Waals surface area contributed by atoms with Crippen molar-refractivity contribution in [2.75, 3.05) is 5.32 Å². The van der Waals surface area contributed by atoms with Crippen molar-refractivity contribution in [3.8, 4) is 0 Å². The molecule has 0 aliphatic rings. The molecule has 0 saturated heterocycles. The van der Waals surface area contributed by atoms with Gasteiger partial charge in [-0.1, -0.05) is 54.6 Å². The van der Waals surface area contributed by atoms with Crippen molar-refractivity contribution in [1.29, 1.82) is 0 Å². The monoisotopic (exact) mass is 287 g/mol. The van der Waals surface area contributed by atoms with Gasteiger partial charge in [0.1, 0.15) is 0 Å². The molecule has 110 valence electrons. The summed E-state index contributed by atoms with van der Waals surface area (Å²) >= 11 is 0. The predicted molar refractivity (Wildman–Crippen MR) is 94.9 cm³/mol. The lowest BCUT2D eigenvalue weighted by atomic mass is 9.96. The van der Waals surface area contributed by atoms with E-state index in [1.54, 1.807) is 0 Å². The Balaban J connectivity index is 1.97. The fourth-order valence-corrected chi connectivity index (χ4v) is 2.82. The highest BCUT2D eigenvalue weighted by Gasteiger charge is 2.08. The Bertz CT molecular complexity index is 746. The fraction of sp³-hybridized carbons (Fsp3) is 0.143. The van der Waals surface area contributed by atoms with Gasteiger partial charge in [-0.05, 0) is 60.7 Å². The minimum Gasteiger partial charge on any atom is -0.355 e. The van der Waals surface area contributed by atoms with Crippen LogP contribution in [0, 0.1) is 13.8 Å². The maximum absolute atomic E-state index is 3.57. The zero-order valence-corrected chi connectivity index (χ0v) is 13.1. The van der Waals surface area contributed by atoms with E-state index in [1.165, 1.54) is 27.9 Å². The van der Waals surface area contributed by atoms with E-state index in [-0.39, 0.29) is 0 Å². The summed E-state index contributed by atoms with van der Waals surface area (Å²) in [7, 11) is 0. The predicted octanol–water partition coefficient (Wildman–Crippen LogP) is 5.64. The average molecular weight is 287 g/mol. The van der Waals surface area contributed by atoms with Gasteiger partial charge >= 0.3 is 0 Å². The van der Waals surface area contributed by atoms with Gasteiger partial charge < -0.3 is 5.32 Å². The van der Waals surface area contributed by atoms with Crippen molar-refractivity contribution in [3.63, 3.8) is 0 Å². The average Bonchev–Trinajstić information content (AvgIpc) is 2.53. The molecule has 0 heterocycles. The molecular formula is C21H21N. The zero-order valence-electron chi connectivity index (χ0n) is 13.1. The minimum absolute atomic E-state index is 0.947. The van der Waals surface area contributed by atoms with Crippen LogP contribution in [-0.4, -0.2) is 0 Å². The first kappa shape index (κ1) is 14.4. The molecule has 0 saturated carbocycles. The summed E-state index contributed by atoms with van der Waals surface area (Å²) in [5, 5.41) is 3.57. The molecule has 0 amide bonds. The van der Waals surface area contributed by atoms with Crippen LogP contribution in [0.1, 0.15) is 22.3 Å². The van der Waals surface area contributed by atoms with E-state index in [4.69, 9.17) is 0 Å². The molecule has 0 bridgehead atoms. The molecule has 0 unspecified atom stereocenters. The van der Waals surface area contributed by atoms with Gasteiger partial charge in [-0.2, -0.15) is 0 Å². The standard InChI is InChI=1S/C21H21N/c1-16-13-17(2)20(15-18-9-5-3-6-10-18)21(14-16)22-19-11-7-4-8-12-19/h3-14,22H,15H2,1-2H3. The molecule has 1 heteroatoms. The Hall–Kier alpha value is -2.54. The van der Waals surface area contributed by atoms with Crippen molar-refractivity contribution in [2.45, 2.75) is 20.3 Å². The first-order valence-electron chi connectivity index (χ1n) is 7.68. The summed E-state index contributed by atoms with van der Waals surface area (Å²) in [6.45, 7) is 4.34. The van der Waals surface area contributed by atoms with Gasteiger partial charge in [0, 0.05) is 11.4 Å². The molecular weight excluding hydrogens is 266 g/mol. The van der Waals surface area contributed by atoms with Crippen molar-refractivity contribution in [2.24, 2.45) is 0 Å². The smallest absolute Gasteiger partial charge is 0.0425 e. The van der Waals surface area contributed by atoms with E-state index < -0.39 is 0 Å². The Morgan fingerprint density at radius 3 is 2.09 bits per heavy atom. The van der Waals surface area contributed by atoms with Gasteiger partial charge in [0.25, 0.3) is 0 Å². The summed E-state index contributed by atoms with van der Waals surface area (Å²) in [4.78, 5) is 0. The molecule has 0 aliphatic heterocycles. The van der Waals surface area contributed by atoms with Crippen LogP contribution in [0.3, 0.4) is 0 Å². The highest BCUT2D eigenvalue weighted by Crippen LogP contribution is 2.27. The molecule has 0 radical (unpaired) electrons. The van der Waals surface area contributed by atoms with E-state index in [2.05, 4.69) is 85.9 Å². The van der Waals surface area contributed by atoms with Crippen LogP contribution < -0.4 is 5.32 Å². The number of nitrogens with one attached hydrogen (secondary N) is 1. The van der Waals surface area contributed by atoms with Gasteiger partial charge in [-0.3, -0.25) is 0 Å². The summed E-state index contributed by atoms with van der Waals surface area (Å²) in [6, 6.07) is 25.5. The van der Waals surface area contributed by atoms with Crippen LogP contribution in [-0.2, 0) is 6.42 Å². The number of hydrogen-bond acceptors (Lipinski definition) is 1. The molecule has 0 fully saturated rings. The van der Waals surface area contributed by atoms with Crippen molar-refractivity contribution >= 4 is 11.4 Å². The Morgan fingerprint density at radius 1 is 0.773 bits per heavy atom. The number of rotatable bonds is 4. The highest BCUT2D eigenvalue weighted by atomic mass is 14.9. The normalized spacial score (nSPS) is 10.5. The molecule has 22 heavy (non-hydrogen) atoms. The molecule has 1 nitrogen and oxygen atoms in total. The maximum atomic E-state index is 3.57. The summed E-state index contributed by atoms with van der Waals surface area (Å²) in [6.07, 6.45) is 0.947. The third-order valence-corrected chi connectivity index (χ3v) is 3.89. The van der Waals surface area contributed by atoms with Crippen LogP contribution in [0.4, 0.5) is 11.4 Å². The first-order valence-corrected chi connectivity index (χ1v) is 7.68. The lowest BCUT2D eigenvalue weighted by Crippen LogP contribution is -2.01. The molecule has 3 rings (SSSR count). The zero-order chi connectivity index (χ0) is 15.4. The number of aryl methyl sites for hydroxylation is 2. The lowest BCUT2D eigenvalue weighted by molar-refractivity contribution is 1.15. The second kappa shape index (κ2) is 6.48. The highest BCUT2D eigenvalue weighted by molar-refractivity contribution is 5.66. The summed E-state index contributed by atoms with van der Waals surface area (Å²) in [5.41, 5.74) is 7.65. The van der Waals surface area contributed by atoms with Crippen LogP contribution in [0.5, 0.6) is 0 Å². The number of benzene rings is 3. The largest absolute Gasteiger partial charge is 0.355 e. The van der Waals surface area contributed by atoms with Gasteiger partial charge in [-0.15, -0.1) is 0 Å². The maximum Gasteiger partial charge on any atom is 0.0425 e. The van der Waals surface area contributed by atoms with Crippen LogP contribution in [0.15, 0.2) is 72.8 Å². The van der Waals surface area contributed by atoms with Gasteiger partial charge in [0.15, 0.2) is 0 Å². The summed E-state index contributed by atoms with van der Waals surface area (Å²) in [5.74, 6) is 0. The van der Waals surface area contributed by atoms with Crippen molar-refractivity contribution < 1.29 is 0 Å². The van der Waals surface area contributed by atoms with Gasteiger partial charge in [-0.25, -0.2) is 0 Å². The molecule has 3 aromatic rings. The Morgan fingerprint density at radius 2 is 1.41 bits per heavy atom. The lowest BCUT2D eigenvalue weighted by Gasteiger charge is -2.16. The van der Waals surface area contributed by atoms with Crippen molar-refractivity contribution in [3.05, 3.63) is 95.1 Å². The van der Waals surface area contributed by atoms with Crippen molar-refractivity contribution in [1.82, 2.24) is 0 Å². The van der Waals surface area contributed by atoms with Gasteiger partial charge in [0.2, 0.25) is 0 Å². The Kier molecular flexibility index (Phi) is 4.24. The molecule has 3 aromatic carbocycles. The quantitative estimate of drug-likeness (QED) is 0.655. The minimum atomic E-state index is 0.947. The third-order valence-electron chi connectivity index (χ3n) is 3.89. The molecule has 1 N–H and O–H groups in total. The second-order valence-electron chi connectivity index (χ2n) is 5.76.